The van der Waals surface area contributed by atoms with Crippen LogP contribution in [0.1, 0.15) is 12.5 Å². The summed E-state index contributed by atoms with van der Waals surface area (Å²) >= 11 is 0. The Morgan fingerprint density at radius 1 is 0.968 bits per heavy atom. The summed E-state index contributed by atoms with van der Waals surface area (Å²) < 4.78 is 23.3. The Morgan fingerprint density at radius 2 is 1.65 bits per heavy atom. The quantitative estimate of drug-likeness (QED) is 0.264. The van der Waals surface area contributed by atoms with E-state index in [9.17, 15) is 18.5 Å². The van der Waals surface area contributed by atoms with Gasteiger partial charge in [-0.1, -0.05) is 30.3 Å². The van der Waals surface area contributed by atoms with Crippen LogP contribution in [0.4, 0.5) is 22.7 Å². The number of nitro groups is 1. The van der Waals surface area contributed by atoms with Crippen molar-refractivity contribution in [3.63, 3.8) is 0 Å². The van der Waals surface area contributed by atoms with Gasteiger partial charge >= 0.3 is 0 Å². The van der Waals surface area contributed by atoms with E-state index in [1.165, 1.54) is 17.7 Å². The number of sulfone groups is 1. The first-order valence-corrected chi connectivity index (χ1v) is 11.5. The Hall–Kier alpha value is -3.59. The molecular weight excluding hydrogens is 416 g/mol. The van der Waals surface area contributed by atoms with E-state index < -0.39 is 20.4 Å². The van der Waals surface area contributed by atoms with Crippen molar-refractivity contribution in [2.45, 2.75) is 18.4 Å². The van der Waals surface area contributed by atoms with E-state index in [2.05, 4.69) is 34.2 Å². The monoisotopic (exact) mass is 438 g/mol. The number of benzene rings is 3. The van der Waals surface area contributed by atoms with Gasteiger partial charge in [0.2, 0.25) is 0 Å². The summed E-state index contributed by atoms with van der Waals surface area (Å²) in [5.74, 6) is 0. The second kappa shape index (κ2) is 9.48. The molecular formula is C22H22N4O4S. The van der Waals surface area contributed by atoms with Crippen LogP contribution in [0.25, 0.3) is 0 Å². The Labute approximate surface area is 180 Å². The zero-order valence-corrected chi connectivity index (χ0v) is 18.0. The highest BCUT2D eigenvalue weighted by Gasteiger charge is 2.18. The molecule has 3 aromatic carbocycles. The summed E-state index contributed by atoms with van der Waals surface area (Å²) in [6.07, 6.45) is 0.992. The highest BCUT2D eigenvalue weighted by Crippen LogP contribution is 2.32. The molecule has 0 aliphatic rings. The van der Waals surface area contributed by atoms with Crippen molar-refractivity contribution in [3.8, 4) is 0 Å². The first-order chi connectivity index (χ1) is 14.8. The molecule has 0 aromatic heterocycles. The van der Waals surface area contributed by atoms with Crippen LogP contribution in [0.2, 0.25) is 0 Å². The standard InChI is InChI=1S/C22H22N4O4S/c1-3-25(16-17-7-5-4-6-8-17)19-11-9-18(10-12-19)23-24-21-14-13-20(31(2,29)30)15-22(21)26(27)28/h4-15H,3,16H2,1-2H3. The molecule has 0 atom stereocenters. The summed E-state index contributed by atoms with van der Waals surface area (Å²) in [6, 6.07) is 21.1. The highest BCUT2D eigenvalue weighted by molar-refractivity contribution is 7.90. The molecule has 31 heavy (non-hydrogen) atoms. The van der Waals surface area contributed by atoms with Crippen molar-refractivity contribution < 1.29 is 13.3 Å². The maximum Gasteiger partial charge on any atom is 0.298 e. The van der Waals surface area contributed by atoms with Gasteiger partial charge in [-0.25, -0.2) is 8.42 Å². The van der Waals surface area contributed by atoms with Gasteiger partial charge in [0.25, 0.3) is 5.69 Å². The molecule has 0 amide bonds. The number of azo groups is 1. The largest absolute Gasteiger partial charge is 0.367 e. The van der Waals surface area contributed by atoms with Crippen molar-refractivity contribution >= 4 is 32.6 Å². The van der Waals surface area contributed by atoms with Crippen LogP contribution < -0.4 is 4.90 Å². The molecule has 9 heteroatoms. The zero-order chi connectivity index (χ0) is 22.4. The molecule has 0 aliphatic carbocycles. The number of rotatable bonds is 8. The number of nitro benzene ring substituents is 1. The molecule has 0 radical (unpaired) electrons. The van der Waals surface area contributed by atoms with Gasteiger partial charge in [0, 0.05) is 31.1 Å². The average Bonchev–Trinajstić information content (AvgIpc) is 2.76. The van der Waals surface area contributed by atoms with Crippen LogP contribution in [-0.2, 0) is 16.4 Å². The fraction of sp³-hybridized carbons (Fsp3) is 0.182. The molecule has 0 fully saturated rings. The average molecular weight is 439 g/mol. The Bertz CT molecular complexity index is 1190. The minimum atomic E-state index is -3.56. The number of anilines is 1. The summed E-state index contributed by atoms with van der Waals surface area (Å²) in [4.78, 5) is 12.7. The lowest BCUT2D eigenvalue weighted by Crippen LogP contribution is -2.21. The lowest BCUT2D eigenvalue weighted by molar-refractivity contribution is -0.384. The van der Waals surface area contributed by atoms with E-state index >= 15 is 0 Å². The van der Waals surface area contributed by atoms with Crippen molar-refractivity contribution in [1.29, 1.82) is 0 Å². The van der Waals surface area contributed by atoms with Gasteiger partial charge in [-0.15, -0.1) is 5.11 Å². The number of hydrogen-bond donors (Lipinski definition) is 0. The van der Waals surface area contributed by atoms with Crippen LogP contribution in [-0.4, -0.2) is 26.1 Å². The van der Waals surface area contributed by atoms with Crippen LogP contribution in [0.3, 0.4) is 0 Å². The van der Waals surface area contributed by atoms with E-state index in [4.69, 9.17) is 0 Å². The van der Waals surface area contributed by atoms with E-state index in [0.717, 1.165) is 31.1 Å². The molecule has 0 bridgehead atoms. The van der Waals surface area contributed by atoms with Gasteiger partial charge in [-0.3, -0.25) is 10.1 Å². The van der Waals surface area contributed by atoms with E-state index in [1.54, 1.807) is 12.1 Å². The first kappa shape index (κ1) is 22.1. The molecule has 0 heterocycles. The summed E-state index contributed by atoms with van der Waals surface area (Å²) in [5.41, 5.74) is 2.33. The third kappa shape index (κ3) is 5.73. The van der Waals surface area contributed by atoms with Crippen molar-refractivity contribution in [2.75, 3.05) is 17.7 Å². The van der Waals surface area contributed by atoms with Gasteiger partial charge in [0.15, 0.2) is 15.5 Å². The molecule has 0 saturated carbocycles. The maximum absolute atomic E-state index is 11.6. The summed E-state index contributed by atoms with van der Waals surface area (Å²) in [6.45, 7) is 3.68. The molecule has 0 saturated heterocycles. The van der Waals surface area contributed by atoms with E-state index in [-0.39, 0.29) is 10.6 Å². The van der Waals surface area contributed by atoms with Gasteiger partial charge in [-0.2, -0.15) is 5.11 Å². The number of hydrogen-bond acceptors (Lipinski definition) is 7. The predicted molar refractivity (Wildman–Crippen MR) is 120 cm³/mol. The van der Waals surface area contributed by atoms with E-state index in [1.807, 2.05) is 30.3 Å². The van der Waals surface area contributed by atoms with Crippen LogP contribution in [0.5, 0.6) is 0 Å². The van der Waals surface area contributed by atoms with Gasteiger partial charge < -0.3 is 4.90 Å². The zero-order valence-electron chi connectivity index (χ0n) is 17.2. The molecule has 0 N–H and O–H groups in total. The van der Waals surface area contributed by atoms with Gasteiger partial charge in [0.05, 0.1) is 15.5 Å². The van der Waals surface area contributed by atoms with Gasteiger partial charge in [-0.05, 0) is 48.9 Å². The minimum absolute atomic E-state index is 0.0132. The lowest BCUT2D eigenvalue weighted by atomic mass is 10.2. The Kier molecular flexibility index (Phi) is 6.76. The van der Waals surface area contributed by atoms with Crippen LogP contribution in [0.15, 0.2) is 87.9 Å². The fourth-order valence-electron chi connectivity index (χ4n) is 3.00. The molecule has 3 rings (SSSR count). The molecule has 0 unspecified atom stereocenters. The van der Waals surface area contributed by atoms with Gasteiger partial charge in [0.1, 0.15) is 0 Å². The SMILES string of the molecule is CCN(Cc1ccccc1)c1ccc(N=Nc2ccc(S(C)(=O)=O)cc2[N+](=O)[O-])cc1. The molecule has 3 aromatic rings. The minimum Gasteiger partial charge on any atom is -0.367 e. The number of nitrogens with zero attached hydrogens (tertiary/aromatic N) is 4. The maximum atomic E-state index is 11.6. The summed E-state index contributed by atoms with van der Waals surface area (Å²) in [5, 5.41) is 19.4. The Balaban J connectivity index is 1.80. The van der Waals surface area contributed by atoms with Crippen LogP contribution in [0, 0.1) is 10.1 Å². The highest BCUT2D eigenvalue weighted by atomic mass is 32.2. The second-order valence-electron chi connectivity index (χ2n) is 6.90. The van der Waals surface area contributed by atoms with E-state index in [0.29, 0.717) is 5.69 Å². The molecule has 8 nitrogen and oxygen atoms in total. The second-order valence-corrected chi connectivity index (χ2v) is 8.91. The van der Waals surface area contributed by atoms with Crippen molar-refractivity contribution in [1.82, 2.24) is 0 Å². The van der Waals surface area contributed by atoms with Crippen LogP contribution >= 0.6 is 0 Å². The molecule has 0 spiro atoms. The van der Waals surface area contributed by atoms with Crippen molar-refractivity contribution in [2.24, 2.45) is 10.2 Å². The fourth-order valence-corrected chi connectivity index (χ4v) is 3.64. The molecule has 160 valence electrons. The third-order valence-corrected chi connectivity index (χ3v) is 5.77. The first-order valence-electron chi connectivity index (χ1n) is 9.57. The third-order valence-electron chi connectivity index (χ3n) is 4.66. The smallest absolute Gasteiger partial charge is 0.298 e. The van der Waals surface area contributed by atoms with Crippen molar-refractivity contribution in [3.05, 3.63) is 88.5 Å². The topological polar surface area (TPSA) is 105 Å². The Morgan fingerprint density at radius 3 is 2.23 bits per heavy atom. The predicted octanol–water partition coefficient (Wildman–Crippen LogP) is 5.44. The normalized spacial score (nSPS) is 11.5. The summed E-state index contributed by atoms with van der Waals surface area (Å²) in [7, 11) is -3.56. The lowest BCUT2D eigenvalue weighted by Gasteiger charge is -2.23. The molecule has 0 aliphatic heterocycles.